The Labute approximate surface area is 185 Å². The van der Waals surface area contributed by atoms with Crippen LogP contribution in [0.25, 0.3) is 22.4 Å². The molecule has 2 aromatic carbocycles. The number of rotatable bonds is 7. The number of hydrogen-bond acceptors (Lipinski definition) is 4. The molecule has 166 valence electrons. The Hall–Kier alpha value is -2.44. The van der Waals surface area contributed by atoms with Crippen molar-refractivity contribution < 1.29 is 13.5 Å². The van der Waals surface area contributed by atoms with Gasteiger partial charge in [-0.15, -0.1) is 0 Å². The third-order valence-electron chi connectivity index (χ3n) is 5.31. The number of aryl methyl sites for hydroxylation is 1. The van der Waals surface area contributed by atoms with Crippen LogP contribution in [0.2, 0.25) is 0 Å². The summed E-state index contributed by atoms with van der Waals surface area (Å²) in [6, 6.07) is 15.6. The van der Waals surface area contributed by atoms with E-state index < -0.39 is 15.4 Å². The summed E-state index contributed by atoms with van der Waals surface area (Å²) in [6.07, 6.45) is 1.93. The highest BCUT2D eigenvalue weighted by Gasteiger charge is 2.23. The molecule has 1 heterocycles. The monoisotopic (exact) mass is 440 g/mol. The van der Waals surface area contributed by atoms with Gasteiger partial charge in [0.1, 0.15) is 5.60 Å². The minimum Gasteiger partial charge on any atom is -0.384 e. The summed E-state index contributed by atoms with van der Waals surface area (Å²) in [4.78, 5) is 0.390. The molecular weight excluding hydrogens is 408 g/mol. The minimum absolute atomic E-state index is 0.390. The maximum Gasteiger partial charge on any atom is 0.175 e. The maximum absolute atomic E-state index is 12.2. The van der Waals surface area contributed by atoms with Gasteiger partial charge in [0.05, 0.1) is 16.3 Å². The van der Waals surface area contributed by atoms with Gasteiger partial charge in [-0.25, -0.2) is 8.42 Å². The van der Waals surface area contributed by atoms with E-state index in [1.54, 1.807) is 19.9 Å². The molecule has 3 rings (SSSR count). The molecule has 1 N–H and O–H groups in total. The highest BCUT2D eigenvalue weighted by atomic mass is 32.2. The van der Waals surface area contributed by atoms with Crippen molar-refractivity contribution in [3.8, 4) is 22.4 Å². The van der Waals surface area contributed by atoms with Gasteiger partial charge in [0, 0.05) is 12.8 Å². The zero-order valence-corrected chi connectivity index (χ0v) is 20.0. The Morgan fingerprint density at radius 2 is 1.58 bits per heavy atom. The highest BCUT2D eigenvalue weighted by molar-refractivity contribution is 7.90. The summed E-state index contributed by atoms with van der Waals surface area (Å²) < 4.78 is 26.4. The first kappa shape index (κ1) is 23.2. The van der Waals surface area contributed by atoms with Crippen molar-refractivity contribution in [1.29, 1.82) is 0 Å². The number of aromatic nitrogens is 2. The molecular formula is C25H32N2O3S. The molecule has 0 amide bonds. The fourth-order valence-corrected chi connectivity index (χ4v) is 4.67. The first-order valence-electron chi connectivity index (χ1n) is 10.6. The third-order valence-corrected chi connectivity index (χ3v) is 6.49. The van der Waals surface area contributed by atoms with E-state index in [0.29, 0.717) is 22.9 Å². The van der Waals surface area contributed by atoms with Gasteiger partial charge in [-0.1, -0.05) is 57.2 Å². The maximum atomic E-state index is 12.2. The predicted octanol–water partition coefficient (Wildman–Crippen LogP) is 5.07. The molecule has 0 aliphatic heterocycles. The molecule has 31 heavy (non-hydrogen) atoms. The smallest absolute Gasteiger partial charge is 0.175 e. The normalized spacial score (nSPS) is 12.5. The highest BCUT2D eigenvalue weighted by Crippen LogP contribution is 2.30. The molecule has 6 heteroatoms. The standard InChI is InChI=1S/C25H32N2O3S/c1-7-18-8-13-21(14-23(18)31(6,29)30)19-9-11-20(12-10-19)22-15-24(25(4,5)28)26-27(22)16-17(2)3/h8-15,17,28H,7,16H2,1-6H3. The second kappa shape index (κ2) is 8.60. The first-order chi connectivity index (χ1) is 14.4. The largest absolute Gasteiger partial charge is 0.384 e. The van der Waals surface area contributed by atoms with Crippen LogP contribution in [0.15, 0.2) is 53.4 Å². The Morgan fingerprint density at radius 1 is 1.00 bits per heavy atom. The second-order valence-corrected chi connectivity index (χ2v) is 11.1. The Kier molecular flexibility index (Phi) is 6.44. The van der Waals surface area contributed by atoms with Crippen LogP contribution in [0.5, 0.6) is 0 Å². The van der Waals surface area contributed by atoms with Crippen LogP contribution in [0.1, 0.15) is 45.9 Å². The predicted molar refractivity (Wildman–Crippen MR) is 126 cm³/mol. The quantitative estimate of drug-likeness (QED) is 0.557. The van der Waals surface area contributed by atoms with Crippen molar-refractivity contribution >= 4 is 9.84 Å². The molecule has 0 aliphatic carbocycles. The van der Waals surface area contributed by atoms with Gasteiger partial charge < -0.3 is 5.11 Å². The fourth-order valence-electron chi connectivity index (χ4n) is 3.64. The van der Waals surface area contributed by atoms with Crippen LogP contribution in [-0.4, -0.2) is 29.6 Å². The second-order valence-electron chi connectivity index (χ2n) is 9.08. The topological polar surface area (TPSA) is 72.2 Å². The van der Waals surface area contributed by atoms with E-state index in [1.807, 2.05) is 54.1 Å². The zero-order chi connectivity index (χ0) is 23.0. The van der Waals surface area contributed by atoms with E-state index in [2.05, 4.69) is 18.9 Å². The van der Waals surface area contributed by atoms with Gasteiger partial charge in [0.15, 0.2) is 9.84 Å². The number of benzene rings is 2. The molecule has 0 bridgehead atoms. The molecule has 0 unspecified atom stereocenters. The molecule has 3 aromatic rings. The first-order valence-corrected chi connectivity index (χ1v) is 12.5. The molecule has 0 radical (unpaired) electrons. The van der Waals surface area contributed by atoms with Crippen LogP contribution in [0, 0.1) is 5.92 Å². The SMILES string of the molecule is CCc1ccc(-c2ccc(-c3cc(C(C)(C)O)nn3CC(C)C)cc2)cc1S(C)(=O)=O. The molecule has 0 saturated carbocycles. The van der Waals surface area contributed by atoms with Crippen molar-refractivity contribution in [2.24, 2.45) is 5.92 Å². The van der Waals surface area contributed by atoms with E-state index in [9.17, 15) is 13.5 Å². The Bertz CT molecular complexity index is 1170. The number of aliphatic hydroxyl groups is 1. The fraction of sp³-hybridized carbons (Fsp3) is 0.400. The molecule has 0 spiro atoms. The van der Waals surface area contributed by atoms with Crippen molar-refractivity contribution in [3.05, 3.63) is 59.8 Å². The summed E-state index contributed by atoms with van der Waals surface area (Å²) >= 11 is 0. The van der Waals surface area contributed by atoms with Gasteiger partial charge in [-0.2, -0.15) is 5.10 Å². The van der Waals surface area contributed by atoms with Gasteiger partial charge in [0.2, 0.25) is 0 Å². The van der Waals surface area contributed by atoms with Crippen LogP contribution in [0.3, 0.4) is 0 Å². The Morgan fingerprint density at radius 3 is 2.10 bits per heavy atom. The third kappa shape index (κ3) is 5.25. The lowest BCUT2D eigenvalue weighted by molar-refractivity contribution is 0.0729. The lowest BCUT2D eigenvalue weighted by Gasteiger charge is -2.13. The average molecular weight is 441 g/mol. The van der Waals surface area contributed by atoms with Crippen molar-refractivity contribution in [3.63, 3.8) is 0 Å². The summed E-state index contributed by atoms with van der Waals surface area (Å²) in [6.45, 7) is 10.5. The van der Waals surface area contributed by atoms with Gasteiger partial charge in [0.25, 0.3) is 0 Å². The number of hydrogen-bond donors (Lipinski definition) is 1. The van der Waals surface area contributed by atoms with E-state index in [-0.39, 0.29) is 0 Å². The van der Waals surface area contributed by atoms with Crippen molar-refractivity contribution in [2.75, 3.05) is 6.26 Å². The summed E-state index contributed by atoms with van der Waals surface area (Å²) in [5.41, 5.74) is 4.24. The lowest BCUT2D eigenvalue weighted by Crippen LogP contribution is -2.17. The van der Waals surface area contributed by atoms with Gasteiger partial charge >= 0.3 is 0 Å². The molecule has 0 fully saturated rings. The number of sulfone groups is 1. The Balaban J connectivity index is 2.02. The van der Waals surface area contributed by atoms with Crippen LogP contribution in [-0.2, 0) is 28.4 Å². The van der Waals surface area contributed by atoms with E-state index >= 15 is 0 Å². The molecule has 0 aliphatic rings. The van der Waals surface area contributed by atoms with E-state index in [4.69, 9.17) is 0 Å². The summed E-state index contributed by atoms with van der Waals surface area (Å²) in [7, 11) is -3.29. The number of nitrogens with zero attached hydrogens (tertiary/aromatic N) is 2. The van der Waals surface area contributed by atoms with Crippen LogP contribution >= 0.6 is 0 Å². The molecule has 5 nitrogen and oxygen atoms in total. The minimum atomic E-state index is -3.29. The van der Waals surface area contributed by atoms with Crippen LogP contribution in [0.4, 0.5) is 0 Å². The van der Waals surface area contributed by atoms with Gasteiger partial charge in [-0.3, -0.25) is 4.68 Å². The molecule has 0 saturated heterocycles. The summed E-state index contributed by atoms with van der Waals surface area (Å²) in [5.74, 6) is 0.416. The van der Waals surface area contributed by atoms with Crippen molar-refractivity contribution in [2.45, 2.75) is 58.1 Å². The summed E-state index contributed by atoms with van der Waals surface area (Å²) in [5, 5.41) is 15.0. The van der Waals surface area contributed by atoms with Gasteiger partial charge in [-0.05, 0) is 60.6 Å². The molecule has 1 aromatic heterocycles. The van der Waals surface area contributed by atoms with E-state index in [0.717, 1.165) is 34.5 Å². The average Bonchev–Trinajstić information content (AvgIpc) is 3.10. The van der Waals surface area contributed by atoms with E-state index in [1.165, 1.54) is 6.26 Å². The lowest BCUT2D eigenvalue weighted by atomic mass is 10.00. The van der Waals surface area contributed by atoms with Crippen molar-refractivity contribution in [1.82, 2.24) is 9.78 Å². The molecule has 0 atom stereocenters. The zero-order valence-electron chi connectivity index (χ0n) is 19.2. The van der Waals surface area contributed by atoms with Crippen LogP contribution < -0.4 is 0 Å².